The summed E-state index contributed by atoms with van der Waals surface area (Å²) in [5, 5.41) is 9.62. The van der Waals surface area contributed by atoms with Crippen LogP contribution in [-0.4, -0.2) is 11.2 Å². The van der Waals surface area contributed by atoms with Gasteiger partial charge in [0.25, 0.3) is 0 Å². The third-order valence-corrected chi connectivity index (χ3v) is 3.01. The fourth-order valence-electron chi connectivity index (χ4n) is 2.09. The summed E-state index contributed by atoms with van der Waals surface area (Å²) in [5.74, 6) is 3.82. The van der Waals surface area contributed by atoms with Crippen molar-refractivity contribution in [3.63, 3.8) is 0 Å². The van der Waals surface area contributed by atoms with Gasteiger partial charge in [-0.25, -0.2) is 0 Å². The molecular weight excluding hydrogens is 148 g/mol. The van der Waals surface area contributed by atoms with Crippen molar-refractivity contribution in [3.05, 3.63) is 0 Å². The highest BCUT2D eigenvalue weighted by molar-refractivity contribution is 4.91. The van der Waals surface area contributed by atoms with Crippen LogP contribution in [0.1, 0.15) is 39.0 Å². The highest BCUT2D eigenvalue weighted by Crippen LogP contribution is 2.32. The summed E-state index contributed by atoms with van der Waals surface area (Å²) < 4.78 is 0. The van der Waals surface area contributed by atoms with Gasteiger partial charge in [-0.3, -0.25) is 0 Å². The van der Waals surface area contributed by atoms with Gasteiger partial charge in [0.05, 0.1) is 6.10 Å². The molecule has 1 rings (SSSR count). The highest BCUT2D eigenvalue weighted by atomic mass is 16.3. The maximum absolute atomic E-state index is 9.62. The summed E-state index contributed by atoms with van der Waals surface area (Å²) in [6.07, 6.45) is 10.3. The molecule has 68 valence electrons. The van der Waals surface area contributed by atoms with Crippen LogP contribution in [0.15, 0.2) is 0 Å². The molecular formula is C11H18O. The molecule has 3 unspecified atom stereocenters. The van der Waals surface area contributed by atoms with Crippen molar-refractivity contribution in [1.29, 1.82) is 0 Å². The Hall–Kier alpha value is -0.480. The molecule has 1 nitrogen and oxygen atoms in total. The van der Waals surface area contributed by atoms with Crippen LogP contribution in [0, 0.1) is 24.2 Å². The Balaban J connectivity index is 2.42. The standard InChI is InChI=1S/C11H18O/c1-3-5-10-8-9(4-2)6-7-11(10)12/h1,9-12H,4-8H2,2H3. The highest BCUT2D eigenvalue weighted by Gasteiger charge is 2.27. The van der Waals surface area contributed by atoms with Crippen LogP contribution in [0.2, 0.25) is 0 Å². The van der Waals surface area contributed by atoms with Crippen LogP contribution >= 0.6 is 0 Å². The first-order valence-corrected chi connectivity index (χ1v) is 4.89. The number of terminal acetylenes is 1. The molecule has 0 heterocycles. The van der Waals surface area contributed by atoms with E-state index in [-0.39, 0.29) is 6.10 Å². The zero-order chi connectivity index (χ0) is 8.97. The van der Waals surface area contributed by atoms with E-state index in [4.69, 9.17) is 6.42 Å². The summed E-state index contributed by atoms with van der Waals surface area (Å²) in [7, 11) is 0. The Morgan fingerprint density at radius 2 is 2.25 bits per heavy atom. The van der Waals surface area contributed by atoms with E-state index in [2.05, 4.69) is 12.8 Å². The minimum absolute atomic E-state index is 0.135. The van der Waals surface area contributed by atoms with E-state index in [0.29, 0.717) is 5.92 Å². The van der Waals surface area contributed by atoms with E-state index in [9.17, 15) is 5.11 Å². The number of aliphatic hydroxyl groups excluding tert-OH is 1. The third-order valence-electron chi connectivity index (χ3n) is 3.01. The maximum Gasteiger partial charge on any atom is 0.0577 e. The lowest BCUT2D eigenvalue weighted by atomic mass is 9.77. The molecule has 1 heteroatoms. The molecule has 0 aromatic heterocycles. The van der Waals surface area contributed by atoms with Gasteiger partial charge < -0.3 is 5.11 Å². The minimum atomic E-state index is -0.135. The van der Waals surface area contributed by atoms with Gasteiger partial charge in [0, 0.05) is 6.42 Å². The van der Waals surface area contributed by atoms with Crippen molar-refractivity contribution in [2.75, 3.05) is 0 Å². The summed E-state index contributed by atoms with van der Waals surface area (Å²) in [6, 6.07) is 0. The summed E-state index contributed by atoms with van der Waals surface area (Å²) in [5.41, 5.74) is 0. The van der Waals surface area contributed by atoms with Gasteiger partial charge in [-0.15, -0.1) is 12.3 Å². The molecule has 1 fully saturated rings. The molecule has 1 saturated carbocycles. The molecule has 0 aromatic carbocycles. The van der Waals surface area contributed by atoms with Crippen molar-refractivity contribution in [3.8, 4) is 12.3 Å². The van der Waals surface area contributed by atoms with Gasteiger partial charge in [-0.05, 0) is 31.1 Å². The van der Waals surface area contributed by atoms with E-state index in [0.717, 1.165) is 25.2 Å². The third kappa shape index (κ3) is 2.25. The second-order valence-corrected chi connectivity index (χ2v) is 3.82. The first kappa shape index (κ1) is 9.61. The van der Waals surface area contributed by atoms with Gasteiger partial charge in [0.2, 0.25) is 0 Å². The van der Waals surface area contributed by atoms with Gasteiger partial charge in [0.1, 0.15) is 0 Å². The van der Waals surface area contributed by atoms with E-state index in [1.165, 1.54) is 12.8 Å². The lowest BCUT2D eigenvalue weighted by Gasteiger charge is -2.31. The number of rotatable bonds is 2. The predicted molar refractivity (Wildman–Crippen MR) is 50.6 cm³/mol. The average molecular weight is 166 g/mol. The fraction of sp³-hybridized carbons (Fsp3) is 0.818. The van der Waals surface area contributed by atoms with Crippen LogP contribution in [-0.2, 0) is 0 Å². The van der Waals surface area contributed by atoms with Gasteiger partial charge >= 0.3 is 0 Å². The normalized spacial score (nSPS) is 35.9. The molecule has 0 aromatic rings. The Bertz CT molecular complexity index is 168. The van der Waals surface area contributed by atoms with E-state index < -0.39 is 0 Å². The molecule has 3 atom stereocenters. The van der Waals surface area contributed by atoms with Crippen LogP contribution in [0.4, 0.5) is 0 Å². The van der Waals surface area contributed by atoms with Crippen molar-refractivity contribution >= 4 is 0 Å². The van der Waals surface area contributed by atoms with Crippen LogP contribution < -0.4 is 0 Å². The molecule has 1 aliphatic carbocycles. The molecule has 1 aliphatic rings. The van der Waals surface area contributed by atoms with E-state index >= 15 is 0 Å². The number of hydrogen-bond donors (Lipinski definition) is 1. The first-order chi connectivity index (χ1) is 5.77. The molecule has 0 saturated heterocycles. The fourth-order valence-corrected chi connectivity index (χ4v) is 2.09. The predicted octanol–water partition coefficient (Wildman–Crippen LogP) is 2.20. The first-order valence-electron chi connectivity index (χ1n) is 4.89. The molecule has 0 amide bonds. The van der Waals surface area contributed by atoms with Crippen LogP contribution in [0.25, 0.3) is 0 Å². The van der Waals surface area contributed by atoms with Crippen molar-refractivity contribution in [2.45, 2.75) is 45.1 Å². The average Bonchev–Trinajstić information content (AvgIpc) is 2.09. The monoisotopic (exact) mass is 166 g/mol. The van der Waals surface area contributed by atoms with Crippen molar-refractivity contribution in [2.24, 2.45) is 11.8 Å². The molecule has 0 aliphatic heterocycles. The number of hydrogen-bond acceptors (Lipinski definition) is 1. The Kier molecular flexibility index (Phi) is 3.62. The van der Waals surface area contributed by atoms with Gasteiger partial charge in [-0.2, -0.15) is 0 Å². The molecule has 12 heavy (non-hydrogen) atoms. The second kappa shape index (κ2) is 4.52. The summed E-state index contributed by atoms with van der Waals surface area (Å²) in [6.45, 7) is 2.22. The molecule has 0 radical (unpaired) electrons. The minimum Gasteiger partial charge on any atom is -0.393 e. The zero-order valence-electron chi connectivity index (χ0n) is 7.79. The van der Waals surface area contributed by atoms with Crippen molar-refractivity contribution in [1.82, 2.24) is 0 Å². The van der Waals surface area contributed by atoms with Gasteiger partial charge in [-0.1, -0.05) is 13.3 Å². The zero-order valence-corrected chi connectivity index (χ0v) is 7.79. The largest absolute Gasteiger partial charge is 0.393 e. The lowest BCUT2D eigenvalue weighted by molar-refractivity contribution is 0.0498. The second-order valence-electron chi connectivity index (χ2n) is 3.82. The smallest absolute Gasteiger partial charge is 0.0577 e. The SMILES string of the molecule is C#CCC1CC(CC)CCC1O. The number of aliphatic hydroxyl groups is 1. The molecule has 0 spiro atoms. The van der Waals surface area contributed by atoms with E-state index in [1.54, 1.807) is 0 Å². The Morgan fingerprint density at radius 3 is 2.83 bits per heavy atom. The van der Waals surface area contributed by atoms with Gasteiger partial charge in [0.15, 0.2) is 0 Å². The van der Waals surface area contributed by atoms with Crippen molar-refractivity contribution < 1.29 is 5.11 Å². The molecule has 0 bridgehead atoms. The van der Waals surface area contributed by atoms with E-state index in [1.807, 2.05) is 0 Å². The quantitative estimate of drug-likeness (QED) is 0.623. The lowest BCUT2D eigenvalue weighted by Crippen LogP contribution is -2.28. The Morgan fingerprint density at radius 1 is 1.50 bits per heavy atom. The molecule has 1 N–H and O–H groups in total. The van der Waals surface area contributed by atoms with Crippen LogP contribution in [0.3, 0.4) is 0 Å². The summed E-state index contributed by atoms with van der Waals surface area (Å²) >= 11 is 0. The topological polar surface area (TPSA) is 20.2 Å². The maximum atomic E-state index is 9.62. The Labute approximate surface area is 75.2 Å². The van der Waals surface area contributed by atoms with Crippen LogP contribution in [0.5, 0.6) is 0 Å². The summed E-state index contributed by atoms with van der Waals surface area (Å²) in [4.78, 5) is 0.